The Labute approximate surface area is 136 Å². The van der Waals surface area contributed by atoms with Crippen molar-refractivity contribution in [3.8, 4) is 0 Å². The van der Waals surface area contributed by atoms with E-state index in [1.807, 2.05) is 18.2 Å². The van der Waals surface area contributed by atoms with Crippen LogP contribution in [-0.2, 0) is 0 Å². The summed E-state index contributed by atoms with van der Waals surface area (Å²) in [4.78, 5) is 15.9. The number of likely N-dealkylation sites (tertiary alicyclic amines) is 1. The molecule has 4 rings (SSSR count). The number of piperidine rings is 1. The molecule has 5 heteroatoms. The predicted octanol–water partition coefficient (Wildman–Crippen LogP) is 2.03. The molecule has 0 radical (unpaired) electrons. The van der Waals surface area contributed by atoms with E-state index in [4.69, 9.17) is 11.6 Å². The Morgan fingerprint density at radius 1 is 1.23 bits per heavy atom. The van der Waals surface area contributed by atoms with Crippen LogP contribution in [0.15, 0.2) is 18.2 Å². The topological polar surface area (TPSA) is 35.6 Å². The van der Waals surface area contributed by atoms with Gasteiger partial charge in [-0.2, -0.15) is 0 Å². The number of aldehydes is 1. The van der Waals surface area contributed by atoms with Gasteiger partial charge in [-0.1, -0.05) is 11.6 Å². The van der Waals surface area contributed by atoms with Gasteiger partial charge in [0.2, 0.25) is 0 Å². The second-order valence-corrected chi connectivity index (χ2v) is 7.46. The Bertz CT molecular complexity index is 571. The van der Waals surface area contributed by atoms with Crippen LogP contribution in [0, 0.1) is 5.41 Å². The number of hydrogen-bond donors (Lipinski definition) is 1. The summed E-state index contributed by atoms with van der Waals surface area (Å²) in [6.45, 7) is 7.13. The van der Waals surface area contributed by atoms with Gasteiger partial charge in [-0.25, -0.2) is 0 Å². The molecule has 1 N–H and O–H groups in total. The van der Waals surface area contributed by atoms with E-state index >= 15 is 0 Å². The lowest BCUT2D eigenvalue weighted by Gasteiger charge is -2.59. The third-order valence-electron chi connectivity index (χ3n) is 5.53. The van der Waals surface area contributed by atoms with Crippen molar-refractivity contribution < 1.29 is 4.79 Å². The Kier molecular flexibility index (Phi) is 3.63. The van der Waals surface area contributed by atoms with Crippen LogP contribution in [0.1, 0.15) is 23.2 Å². The highest BCUT2D eigenvalue weighted by atomic mass is 35.5. The number of rotatable bonds is 3. The Morgan fingerprint density at radius 2 is 1.95 bits per heavy atom. The minimum atomic E-state index is 0.553. The summed E-state index contributed by atoms with van der Waals surface area (Å²) in [6.07, 6.45) is 3.25. The van der Waals surface area contributed by atoms with Gasteiger partial charge in [-0.3, -0.25) is 9.69 Å². The molecule has 0 saturated carbocycles. The quantitative estimate of drug-likeness (QED) is 0.865. The summed E-state index contributed by atoms with van der Waals surface area (Å²) in [5.41, 5.74) is 2.33. The zero-order chi connectivity index (χ0) is 15.2. The Hall–Kier alpha value is -1.10. The van der Waals surface area contributed by atoms with Crippen molar-refractivity contribution in [2.24, 2.45) is 5.41 Å². The van der Waals surface area contributed by atoms with Crippen molar-refractivity contribution in [1.29, 1.82) is 0 Å². The molecule has 0 bridgehead atoms. The van der Waals surface area contributed by atoms with E-state index in [-0.39, 0.29) is 0 Å². The van der Waals surface area contributed by atoms with Gasteiger partial charge in [-0.15, -0.1) is 0 Å². The van der Waals surface area contributed by atoms with Crippen molar-refractivity contribution in [1.82, 2.24) is 10.2 Å². The molecule has 1 aromatic carbocycles. The summed E-state index contributed by atoms with van der Waals surface area (Å²) in [7, 11) is 0. The van der Waals surface area contributed by atoms with Crippen molar-refractivity contribution in [2.45, 2.75) is 18.9 Å². The number of carbonyl (C=O) groups excluding carboxylic acids is 1. The van der Waals surface area contributed by atoms with E-state index < -0.39 is 0 Å². The summed E-state index contributed by atoms with van der Waals surface area (Å²) < 4.78 is 0. The minimum Gasteiger partial charge on any atom is -0.371 e. The number of halogens is 1. The van der Waals surface area contributed by atoms with E-state index in [1.165, 1.54) is 39.0 Å². The smallest absolute Gasteiger partial charge is 0.151 e. The fourth-order valence-electron chi connectivity index (χ4n) is 4.07. The maximum atomic E-state index is 10.8. The third kappa shape index (κ3) is 2.43. The summed E-state index contributed by atoms with van der Waals surface area (Å²) >= 11 is 6.14. The van der Waals surface area contributed by atoms with E-state index in [1.54, 1.807) is 0 Å². The zero-order valence-electron chi connectivity index (χ0n) is 12.7. The number of nitrogens with zero attached hydrogens (tertiary/aromatic N) is 2. The molecule has 0 atom stereocenters. The number of benzene rings is 1. The highest BCUT2D eigenvalue weighted by Gasteiger charge is 2.49. The average Bonchev–Trinajstić information content (AvgIpc) is 2.45. The molecule has 22 heavy (non-hydrogen) atoms. The Morgan fingerprint density at radius 3 is 2.50 bits per heavy atom. The van der Waals surface area contributed by atoms with Crippen LogP contribution >= 0.6 is 11.6 Å². The first-order valence-corrected chi connectivity index (χ1v) is 8.51. The minimum absolute atomic E-state index is 0.553. The molecule has 118 valence electrons. The lowest BCUT2D eigenvalue weighted by Crippen LogP contribution is -2.73. The maximum absolute atomic E-state index is 10.8. The van der Waals surface area contributed by atoms with E-state index in [9.17, 15) is 4.79 Å². The fraction of sp³-hybridized carbons (Fsp3) is 0.588. The van der Waals surface area contributed by atoms with Gasteiger partial charge in [0.25, 0.3) is 0 Å². The molecule has 0 amide bonds. The molecule has 1 aromatic rings. The van der Waals surface area contributed by atoms with Crippen molar-refractivity contribution in [3.63, 3.8) is 0 Å². The Balaban J connectivity index is 1.34. The zero-order valence-corrected chi connectivity index (χ0v) is 13.5. The number of hydrogen-bond acceptors (Lipinski definition) is 4. The fourth-order valence-corrected chi connectivity index (χ4v) is 4.29. The van der Waals surface area contributed by atoms with E-state index in [0.29, 0.717) is 16.0 Å². The van der Waals surface area contributed by atoms with Gasteiger partial charge in [0.15, 0.2) is 6.29 Å². The monoisotopic (exact) mass is 319 g/mol. The largest absolute Gasteiger partial charge is 0.371 e. The van der Waals surface area contributed by atoms with Gasteiger partial charge < -0.3 is 10.2 Å². The van der Waals surface area contributed by atoms with Gasteiger partial charge in [0, 0.05) is 62.0 Å². The lowest BCUT2D eigenvalue weighted by atomic mass is 9.73. The molecule has 3 heterocycles. The van der Waals surface area contributed by atoms with Crippen LogP contribution in [0.2, 0.25) is 5.02 Å². The summed E-state index contributed by atoms with van der Waals surface area (Å²) in [6, 6.07) is 6.49. The molecule has 1 spiro atoms. The average molecular weight is 320 g/mol. The molecule has 3 saturated heterocycles. The van der Waals surface area contributed by atoms with Crippen LogP contribution in [0.3, 0.4) is 0 Å². The molecule has 3 fully saturated rings. The number of anilines is 1. The van der Waals surface area contributed by atoms with Crippen LogP contribution in [0.25, 0.3) is 0 Å². The molecule has 4 nitrogen and oxygen atoms in total. The van der Waals surface area contributed by atoms with Crippen LogP contribution < -0.4 is 10.2 Å². The predicted molar refractivity (Wildman–Crippen MR) is 89.0 cm³/mol. The second-order valence-electron chi connectivity index (χ2n) is 7.05. The molecular weight excluding hydrogens is 298 g/mol. The lowest BCUT2D eigenvalue weighted by molar-refractivity contribution is -0.0694. The van der Waals surface area contributed by atoms with Crippen LogP contribution in [-0.4, -0.2) is 56.5 Å². The van der Waals surface area contributed by atoms with Crippen molar-refractivity contribution in [2.75, 3.05) is 44.2 Å². The highest BCUT2D eigenvalue weighted by molar-refractivity contribution is 6.33. The number of carbonyl (C=O) groups is 1. The molecular formula is C17H22ClN3O. The van der Waals surface area contributed by atoms with Crippen LogP contribution in [0.4, 0.5) is 5.69 Å². The summed E-state index contributed by atoms with van der Waals surface area (Å²) in [5.74, 6) is 0. The summed E-state index contributed by atoms with van der Waals surface area (Å²) in [5, 5.41) is 3.95. The molecule has 3 aliphatic rings. The third-order valence-corrected chi connectivity index (χ3v) is 5.86. The van der Waals surface area contributed by atoms with Gasteiger partial charge in [-0.05, 0) is 31.0 Å². The van der Waals surface area contributed by atoms with Gasteiger partial charge in [0.05, 0.1) is 5.02 Å². The molecule has 0 unspecified atom stereocenters. The molecule has 0 aromatic heterocycles. The molecule has 0 aliphatic carbocycles. The normalized spacial score (nSPS) is 24.9. The van der Waals surface area contributed by atoms with E-state index in [2.05, 4.69) is 15.1 Å². The van der Waals surface area contributed by atoms with E-state index in [0.717, 1.165) is 31.1 Å². The first kappa shape index (κ1) is 14.5. The maximum Gasteiger partial charge on any atom is 0.151 e. The number of nitrogens with one attached hydrogen (secondary N) is 1. The standard InChI is InChI=1S/C17H22ClN3O/c18-16-7-15(2-1-13(16)8-22)20-5-3-14(4-6-20)21-11-17(12-21)9-19-10-17/h1-2,7-8,14,19H,3-6,9-12H2. The SMILES string of the molecule is O=Cc1ccc(N2CCC(N3CC4(CNC4)C3)CC2)cc1Cl. The van der Waals surface area contributed by atoms with Gasteiger partial charge >= 0.3 is 0 Å². The second kappa shape index (κ2) is 5.52. The van der Waals surface area contributed by atoms with Crippen LogP contribution in [0.5, 0.6) is 0 Å². The molecule has 3 aliphatic heterocycles. The van der Waals surface area contributed by atoms with Gasteiger partial charge in [0.1, 0.15) is 0 Å². The first-order chi connectivity index (χ1) is 10.7. The highest BCUT2D eigenvalue weighted by Crippen LogP contribution is 2.37. The van der Waals surface area contributed by atoms with Crippen molar-refractivity contribution in [3.05, 3.63) is 28.8 Å². The van der Waals surface area contributed by atoms with Crippen molar-refractivity contribution >= 4 is 23.6 Å². The first-order valence-electron chi connectivity index (χ1n) is 8.14.